The Labute approximate surface area is 266 Å². The van der Waals surface area contributed by atoms with E-state index >= 15 is 0 Å². The van der Waals surface area contributed by atoms with E-state index in [-0.39, 0.29) is 30.4 Å². The molecule has 5 aromatic rings. The van der Waals surface area contributed by atoms with Crippen LogP contribution in [0.5, 0.6) is 5.75 Å². The van der Waals surface area contributed by atoms with E-state index in [0.717, 1.165) is 44.7 Å². The van der Waals surface area contributed by atoms with Crippen LogP contribution in [0.1, 0.15) is 40.3 Å². The van der Waals surface area contributed by atoms with Crippen molar-refractivity contribution in [3.63, 3.8) is 0 Å². The van der Waals surface area contributed by atoms with Gasteiger partial charge in [0, 0.05) is 54.3 Å². The highest BCUT2D eigenvalue weighted by atomic mass is 16.7. The number of H-pyrrole nitrogens is 1. The zero-order valence-corrected chi connectivity index (χ0v) is 26.2. The molecule has 3 N–H and O–H groups in total. The third-order valence-corrected chi connectivity index (χ3v) is 8.55. The van der Waals surface area contributed by atoms with Crippen molar-refractivity contribution in [3.05, 3.63) is 129 Å². The van der Waals surface area contributed by atoms with Gasteiger partial charge < -0.3 is 29.6 Å². The Morgan fingerprint density at radius 2 is 1.85 bits per heavy atom. The van der Waals surface area contributed by atoms with E-state index in [2.05, 4.69) is 10.3 Å². The zero-order chi connectivity index (χ0) is 32.2. The van der Waals surface area contributed by atoms with Crippen LogP contribution in [0.3, 0.4) is 0 Å². The molecule has 1 aliphatic heterocycles. The fraction of sp³-hybridized carbons (Fsp3) is 0.278. The van der Waals surface area contributed by atoms with Gasteiger partial charge in [0.05, 0.1) is 26.0 Å². The van der Waals surface area contributed by atoms with E-state index in [0.29, 0.717) is 24.9 Å². The molecule has 0 aliphatic carbocycles. The summed E-state index contributed by atoms with van der Waals surface area (Å²) in [5, 5.41) is 13.4. The van der Waals surface area contributed by atoms with Crippen molar-refractivity contribution in [3.8, 4) is 11.4 Å². The summed E-state index contributed by atoms with van der Waals surface area (Å²) in [6.07, 6.45) is 3.87. The Kier molecular flexibility index (Phi) is 9.09. The summed E-state index contributed by atoms with van der Waals surface area (Å²) in [5.74, 6) is 0.0921. The smallest absolute Gasteiger partial charge is 0.286 e. The third kappa shape index (κ3) is 6.35. The Hall–Kier alpha value is -5.06. The van der Waals surface area contributed by atoms with Crippen LogP contribution in [0.4, 0.5) is 0 Å². The van der Waals surface area contributed by atoms with Crippen LogP contribution in [-0.2, 0) is 41.0 Å². The number of hydrogen-bond donors (Lipinski definition) is 3. The van der Waals surface area contributed by atoms with Crippen LogP contribution in [0, 0.1) is 6.92 Å². The second-order valence-corrected chi connectivity index (χ2v) is 11.4. The molecule has 3 heterocycles. The lowest BCUT2D eigenvalue weighted by atomic mass is 9.93. The van der Waals surface area contributed by atoms with Crippen molar-refractivity contribution in [2.24, 2.45) is 7.05 Å². The summed E-state index contributed by atoms with van der Waals surface area (Å²) >= 11 is 0. The Morgan fingerprint density at radius 3 is 2.59 bits per heavy atom. The number of allylic oxidation sites excluding steroid dienone is 1. The second-order valence-electron chi connectivity index (χ2n) is 11.4. The first-order chi connectivity index (χ1) is 22.4. The maximum absolute atomic E-state index is 13.9. The van der Waals surface area contributed by atoms with E-state index in [9.17, 15) is 14.7 Å². The average Bonchev–Trinajstić information content (AvgIpc) is 3.59. The molecule has 10 nitrogen and oxygen atoms in total. The Balaban J connectivity index is 1.24. The number of carbonyl (C=O) groups excluding carboxylic acids is 1. The maximum Gasteiger partial charge on any atom is 0.286 e. The number of aromatic nitrogens is 3. The molecule has 46 heavy (non-hydrogen) atoms. The summed E-state index contributed by atoms with van der Waals surface area (Å²) in [5.41, 5.74) is 5.75. The van der Waals surface area contributed by atoms with Crippen molar-refractivity contribution in [1.82, 2.24) is 19.7 Å². The number of amides is 1. The number of benzene rings is 3. The number of ether oxygens (including phenoxy) is 3. The van der Waals surface area contributed by atoms with Gasteiger partial charge in [-0.15, -0.1) is 0 Å². The van der Waals surface area contributed by atoms with Gasteiger partial charge in [0.15, 0.2) is 5.76 Å². The van der Waals surface area contributed by atoms with Crippen molar-refractivity contribution in [2.45, 2.75) is 45.2 Å². The number of nitrogens with one attached hydrogen (secondary N) is 2. The number of carbonyl (C=O) groups is 1. The monoisotopic (exact) mass is 622 g/mol. The first kappa shape index (κ1) is 30.9. The van der Waals surface area contributed by atoms with Gasteiger partial charge in [-0.05, 0) is 66.4 Å². The lowest BCUT2D eigenvalue weighted by molar-refractivity contribution is -0.150. The van der Waals surface area contributed by atoms with Crippen molar-refractivity contribution in [1.29, 1.82) is 0 Å². The van der Waals surface area contributed by atoms with Gasteiger partial charge in [0.1, 0.15) is 5.75 Å². The molecule has 3 aromatic carbocycles. The van der Waals surface area contributed by atoms with E-state index in [1.165, 1.54) is 0 Å². The van der Waals surface area contributed by atoms with Crippen molar-refractivity contribution >= 4 is 16.8 Å². The molecule has 238 valence electrons. The minimum absolute atomic E-state index is 0.0384. The molecule has 0 radical (unpaired) electrons. The normalized spacial score (nSPS) is 16.2. The van der Waals surface area contributed by atoms with Gasteiger partial charge in [-0.1, -0.05) is 42.5 Å². The number of fused-ring (bicyclic) bond motifs is 1. The quantitative estimate of drug-likeness (QED) is 0.196. The second kappa shape index (κ2) is 13.5. The number of nitrogens with zero attached hydrogens (tertiary/aromatic N) is 2. The fourth-order valence-corrected chi connectivity index (χ4v) is 5.95. The molecule has 0 saturated heterocycles. The summed E-state index contributed by atoms with van der Waals surface area (Å²) < 4.78 is 21.1. The molecule has 2 atom stereocenters. The summed E-state index contributed by atoms with van der Waals surface area (Å²) in [4.78, 5) is 30.7. The average molecular weight is 623 g/mol. The topological polar surface area (TPSA) is 120 Å². The van der Waals surface area contributed by atoms with Gasteiger partial charge in [-0.2, -0.15) is 0 Å². The van der Waals surface area contributed by atoms with Gasteiger partial charge in [-0.25, -0.2) is 4.68 Å². The first-order valence-electron chi connectivity index (χ1n) is 15.3. The molecular formula is C36H38N4O6. The number of aliphatic hydroxyl groups is 1. The Morgan fingerprint density at radius 1 is 1.09 bits per heavy atom. The molecule has 0 spiro atoms. The molecule has 0 bridgehead atoms. The molecule has 1 aliphatic rings. The SMILES string of the molecule is COc1ccc2[nH]cc(CCNC(=O)C3=C[C@H](c4c(C)n(C)n(-c5ccccc5)c4=O)C[C@H](OCc4ccc(CO)cc4)O3)c2c1. The number of rotatable bonds is 11. The fourth-order valence-electron chi connectivity index (χ4n) is 5.95. The molecule has 0 fully saturated rings. The molecule has 1 amide bonds. The van der Waals surface area contributed by atoms with E-state index in [1.807, 2.05) is 97.6 Å². The summed E-state index contributed by atoms with van der Waals surface area (Å²) in [6.45, 7) is 2.49. The van der Waals surface area contributed by atoms with Gasteiger partial charge in [-0.3, -0.25) is 14.3 Å². The van der Waals surface area contributed by atoms with E-state index < -0.39 is 12.2 Å². The van der Waals surface area contributed by atoms with Crippen molar-refractivity contribution in [2.75, 3.05) is 13.7 Å². The van der Waals surface area contributed by atoms with Gasteiger partial charge in [0.2, 0.25) is 6.29 Å². The van der Waals surface area contributed by atoms with Crippen molar-refractivity contribution < 1.29 is 24.1 Å². The highest BCUT2D eigenvalue weighted by molar-refractivity contribution is 5.92. The van der Waals surface area contributed by atoms with Crippen LogP contribution in [0.2, 0.25) is 0 Å². The van der Waals surface area contributed by atoms with Gasteiger partial charge >= 0.3 is 0 Å². The highest BCUT2D eigenvalue weighted by Crippen LogP contribution is 2.33. The first-order valence-corrected chi connectivity index (χ1v) is 15.3. The molecule has 0 saturated carbocycles. The molecule has 10 heteroatoms. The van der Waals surface area contributed by atoms with E-state index in [1.54, 1.807) is 17.9 Å². The number of methoxy groups -OCH3 is 1. The minimum atomic E-state index is -0.765. The number of aliphatic hydroxyl groups excluding tert-OH is 1. The van der Waals surface area contributed by atoms with Crippen LogP contribution in [0.25, 0.3) is 16.6 Å². The molecule has 0 unspecified atom stereocenters. The standard InChI is InChI=1S/C36H38N4O6/c1-23-34(36(43)40(39(23)2)28-7-5-4-6-8-28)27-17-32(46-33(18-27)45-22-25-11-9-24(21-41)10-12-25)35(42)37-16-15-26-20-38-31-14-13-29(44-3)19-30(26)31/h4-14,17,19-20,27,33,38,41H,15-16,18,21-22H2,1-3H3,(H,37,42)/t27-,33+/m0/s1. The lowest BCUT2D eigenvalue weighted by Crippen LogP contribution is -2.34. The highest BCUT2D eigenvalue weighted by Gasteiger charge is 2.33. The number of aromatic amines is 1. The van der Waals surface area contributed by atoms with Crippen LogP contribution < -0.4 is 15.6 Å². The van der Waals surface area contributed by atoms with E-state index in [4.69, 9.17) is 14.2 Å². The summed E-state index contributed by atoms with van der Waals surface area (Å²) in [6, 6.07) is 22.8. The van der Waals surface area contributed by atoms with Crippen LogP contribution in [0.15, 0.2) is 95.6 Å². The Bertz CT molecular complexity index is 1920. The molecule has 6 rings (SSSR count). The van der Waals surface area contributed by atoms with Crippen LogP contribution in [-0.4, -0.2) is 45.3 Å². The number of para-hydroxylation sites is 1. The zero-order valence-electron chi connectivity index (χ0n) is 26.2. The molecular weight excluding hydrogens is 584 g/mol. The predicted molar refractivity (Wildman–Crippen MR) is 175 cm³/mol. The summed E-state index contributed by atoms with van der Waals surface area (Å²) in [7, 11) is 3.49. The molecule has 2 aromatic heterocycles. The third-order valence-electron chi connectivity index (χ3n) is 8.55. The van der Waals surface area contributed by atoms with Gasteiger partial charge in [0.25, 0.3) is 11.5 Å². The maximum atomic E-state index is 13.9. The van der Waals surface area contributed by atoms with Crippen LogP contribution >= 0.6 is 0 Å². The minimum Gasteiger partial charge on any atom is -0.497 e. The lowest BCUT2D eigenvalue weighted by Gasteiger charge is -2.29. The number of hydrogen-bond acceptors (Lipinski definition) is 6. The predicted octanol–water partition coefficient (Wildman–Crippen LogP) is 4.76. The largest absolute Gasteiger partial charge is 0.497 e.